The summed E-state index contributed by atoms with van der Waals surface area (Å²) >= 11 is 6.25. The van der Waals surface area contributed by atoms with Crippen LogP contribution in [0.5, 0.6) is 5.88 Å². The molecule has 5 rings (SSSR count). The molecule has 0 radical (unpaired) electrons. The maximum Gasteiger partial charge on any atom is 0.271 e. The van der Waals surface area contributed by atoms with Crippen LogP contribution in [0.15, 0.2) is 42.7 Å². The topological polar surface area (TPSA) is 129 Å². The average Bonchev–Trinajstić information content (AvgIpc) is 3.57. The number of carbonyl (C=O) groups is 2. The van der Waals surface area contributed by atoms with Crippen molar-refractivity contribution in [2.45, 2.75) is 19.4 Å². The van der Waals surface area contributed by atoms with Gasteiger partial charge in [0.1, 0.15) is 11.3 Å². The van der Waals surface area contributed by atoms with E-state index in [0.29, 0.717) is 60.3 Å². The zero-order valence-electron chi connectivity index (χ0n) is 19.0. The van der Waals surface area contributed by atoms with E-state index in [1.165, 1.54) is 13.3 Å². The van der Waals surface area contributed by atoms with Crippen molar-refractivity contribution < 1.29 is 14.3 Å². The fourth-order valence-corrected chi connectivity index (χ4v) is 4.40. The lowest BCUT2D eigenvalue weighted by atomic mass is 9.95. The van der Waals surface area contributed by atoms with Crippen molar-refractivity contribution in [3.63, 3.8) is 0 Å². The van der Waals surface area contributed by atoms with Gasteiger partial charge >= 0.3 is 0 Å². The third-order valence-electron chi connectivity index (χ3n) is 6.19. The number of methoxy groups -OCH3 is 1. The van der Waals surface area contributed by atoms with Gasteiger partial charge in [-0.1, -0.05) is 11.6 Å². The summed E-state index contributed by atoms with van der Waals surface area (Å²) in [6, 6.07) is 9.17. The van der Waals surface area contributed by atoms with Crippen LogP contribution in [-0.4, -0.2) is 62.1 Å². The molecule has 0 unspecified atom stereocenters. The van der Waals surface area contributed by atoms with E-state index in [2.05, 4.69) is 30.5 Å². The summed E-state index contributed by atoms with van der Waals surface area (Å²) in [5.41, 5.74) is 3.10. The van der Waals surface area contributed by atoms with Crippen molar-refractivity contribution in [1.82, 2.24) is 35.4 Å². The van der Waals surface area contributed by atoms with Gasteiger partial charge in [0.05, 0.1) is 36.3 Å². The van der Waals surface area contributed by atoms with Gasteiger partial charge in [0.25, 0.3) is 5.91 Å². The smallest absolute Gasteiger partial charge is 0.271 e. The monoisotopic (exact) mass is 493 g/mol. The van der Waals surface area contributed by atoms with E-state index in [1.54, 1.807) is 17.0 Å². The van der Waals surface area contributed by atoms with Crippen LogP contribution in [0, 0.1) is 5.92 Å². The average molecular weight is 494 g/mol. The first kappa shape index (κ1) is 22.9. The van der Waals surface area contributed by atoms with E-state index in [1.807, 2.05) is 24.4 Å². The van der Waals surface area contributed by atoms with E-state index in [-0.39, 0.29) is 17.7 Å². The largest absolute Gasteiger partial charge is 0.481 e. The molecule has 4 aromatic heterocycles. The number of H-pyrrole nitrogens is 2. The van der Waals surface area contributed by atoms with Gasteiger partial charge in [-0.05, 0) is 37.1 Å². The van der Waals surface area contributed by atoms with Crippen LogP contribution in [0.3, 0.4) is 0 Å². The van der Waals surface area contributed by atoms with Gasteiger partial charge in [0, 0.05) is 42.2 Å². The zero-order valence-corrected chi connectivity index (χ0v) is 19.8. The van der Waals surface area contributed by atoms with Crippen molar-refractivity contribution in [2.24, 2.45) is 5.92 Å². The number of nitrogens with zero attached hydrogens (tertiary/aromatic N) is 4. The summed E-state index contributed by atoms with van der Waals surface area (Å²) in [6.45, 7) is 1.34. The van der Waals surface area contributed by atoms with Crippen LogP contribution in [-0.2, 0) is 11.3 Å². The molecule has 0 bridgehead atoms. The molecule has 0 saturated carbocycles. The number of carbonyl (C=O) groups excluding carboxylic acids is 2. The molecule has 3 N–H and O–H groups in total. The number of aromatic nitrogens is 5. The Morgan fingerprint density at radius 3 is 2.86 bits per heavy atom. The zero-order chi connectivity index (χ0) is 24.4. The number of amides is 2. The van der Waals surface area contributed by atoms with Crippen LogP contribution in [0.2, 0.25) is 5.02 Å². The molecule has 0 atom stereocenters. The normalized spacial score (nSPS) is 14.3. The Morgan fingerprint density at radius 1 is 1.23 bits per heavy atom. The quantitative estimate of drug-likeness (QED) is 0.378. The molecule has 10 nitrogen and oxygen atoms in total. The summed E-state index contributed by atoms with van der Waals surface area (Å²) in [7, 11) is 1.52. The second-order valence-electron chi connectivity index (χ2n) is 8.38. The molecule has 1 aliphatic heterocycles. The van der Waals surface area contributed by atoms with E-state index < -0.39 is 0 Å². The van der Waals surface area contributed by atoms with Gasteiger partial charge in [-0.3, -0.25) is 14.7 Å². The highest BCUT2D eigenvalue weighted by Gasteiger charge is 2.28. The van der Waals surface area contributed by atoms with Crippen LogP contribution < -0.4 is 10.1 Å². The van der Waals surface area contributed by atoms with Crippen molar-refractivity contribution in [3.8, 4) is 17.1 Å². The van der Waals surface area contributed by atoms with Crippen LogP contribution in [0.1, 0.15) is 29.0 Å². The minimum atomic E-state index is -0.164. The number of fused-ring (bicyclic) bond motifs is 1. The highest BCUT2D eigenvalue weighted by molar-refractivity contribution is 6.33. The van der Waals surface area contributed by atoms with Crippen molar-refractivity contribution >= 4 is 34.4 Å². The molecule has 0 aromatic carbocycles. The molecule has 11 heteroatoms. The summed E-state index contributed by atoms with van der Waals surface area (Å²) in [6.07, 6.45) is 4.50. The Morgan fingerprint density at radius 2 is 2.06 bits per heavy atom. The molecule has 5 heterocycles. The minimum Gasteiger partial charge on any atom is -0.481 e. The Balaban J connectivity index is 1.16. The predicted octanol–water partition coefficient (Wildman–Crippen LogP) is 3.18. The second kappa shape index (κ2) is 9.75. The molecule has 0 spiro atoms. The fourth-order valence-electron chi connectivity index (χ4n) is 4.20. The van der Waals surface area contributed by atoms with Crippen molar-refractivity contribution in [2.75, 3.05) is 20.2 Å². The first-order valence-electron chi connectivity index (χ1n) is 11.3. The number of rotatable bonds is 6. The van der Waals surface area contributed by atoms with Gasteiger partial charge in [0.2, 0.25) is 11.8 Å². The number of aromatic amines is 2. The molecule has 35 heavy (non-hydrogen) atoms. The number of hydrogen-bond donors (Lipinski definition) is 3. The maximum absolute atomic E-state index is 13.0. The molecule has 2 amide bonds. The lowest BCUT2D eigenvalue weighted by Crippen LogP contribution is -2.43. The van der Waals surface area contributed by atoms with E-state index in [4.69, 9.17) is 16.3 Å². The standard InChI is InChI=1S/C24H24ClN7O3/c1-35-21-10-17(18(25)13-27-21)19-11-20(31-30-19)24(34)32-8-5-15(6-9-32)23(33)28-12-16-3-2-14-4-7-26-22(14)29-16/h2-4,7,10-11,13,15H,5-6,8-9,12H2,1H3,(H,26,29)(H,28,33)(H,30,31). The highest BCUT2D eigenvalue weighted by Crippen LogP contribution is 2.29. The number of halogens is 1. The molecule has 0 aliphatic carbocycles. The SMILES string of the molecule is COc1cc(-c2cc(C(=O)N3CCC(C(=O)NCc4ccc5cc[nH]c5n4)CC3)[nH]n2)c(Cl)cn1. The molecule has 1 fully saturated rings. The molecule has 1 saturated heterocycles. The van der Waals surface area contributed by atoms with Crippen molar-refractivity contribution in [3.05, 3.63) is 59.1 Å². The maximum atomic E-state index is 13.0. The summed E-state index contributed by atoms with van der Waals surface area (Å²) in [5.74, 6) is 0.0775. The summed E-state index contributed by atoms with van der Waals surface area (Å²) in [5, 5.41) is 11.5. The number of ether oxygens (including phenoxy) is 1. The lowest BCUT2D eigenvalue weighted by Gasteiger charge is -2.31. The second-order valence-corrected chi connectivity index (χ2v) is 8.78. The predicted molar refractivity (Wildman–Crippen MR) is 130 cm³/mol. The van der Waals surface area contributed by atoms with Gasteiger partial charge in [-0.2, -0.15) is 5.10 Å². The van der Waals surface area contributed by atoms with E-state index in [0.717, 1.165) is 16.7 Å². The van der Waals surface area contributed by atoms with Gasteiger partial charge < -0.3 is 19.9 Å². The van der Waals surface area contributed by atoms with Gasteiger partial charge in [-0.15, -0.1) is 0 Å². The Labute approximate surface area is 206 Å². The fraction of sp³-hybridized carbons (Fsp3) is 0.292. The third kappa shape index (κ3) is 4.83. The number of pyridine rings is 2. The molecular weight excluding hydrogens is 470 g/mol. The lowest BCUT2D eigenvalue weighted by molar-refractivity contribution is -0.126. The first-order chi connectivity index (χ1) is 17.0. The number of likely N-dealkylation sites (tertiary alicyclic amines) is 1. The molecule has 1 aliphatic rings. The highest BCUT2D eigenvalue weighted by atomic mass is 35.5. The number of nitrogens with one attached hydrogen (secondary N) is 3. The van der Waals surface area contributed by atoms with Crippen LogP contribution in [0.25, 0.3) is 22.3 Å². The number of hydrogen-bond acceptors (Lipinski definition) is 6. The van der Waals surface area contributed by atoms with Gasteiger partial charge in [-0.25, -0.2) is 9.97 Å². The Hall–Kier alpha value is -3.92. The Kier molecular flexibility index (Phi) is 6.37. The summed E-state index contributed by atoms with van der Waals surface area (Å²) < 4.78 is 5.15. The van der Waals surface area contributed by atoms with Gasteiger partial charge in [0.15, 0.2) is 0 Å². The van der Waals surface area contributed by atoms with Crippen LogP contribution in [0.4, 0.5) is 0 Å². The van der Waals surface area contributed by atoms with Crippen LogP contribution >= 0.6 is 11.6 Å². The summed E-state index contributed by atoms with van der Waals surface area (Å²) in [4.78, 5) is 39.1. The minimum absolute atomic E-state index is 0.0180. The van der Waals surface area contributed by atoms with E-state index >= 15 is 0 Å². The number of piperidine rings is 1. The molecule has 180 valence electrons. The third-order valence-corrected chi connectivity index (χ3v) is 6.49. The first-order valence-corrected chi connectivity index (χ1v) is 11.6. The molecular formula is C24H24ClN7O3. The Bertz CT molecular complexity index is 1370. The van der Waals surface area contributed by atoms with Crippen molar-refractivity contribution in [1.29, 1.82) is 0 Å². The molecule has 4 aromatic rings. The van der Waals surface area contributed by atoms with E-state index in [9.17, 15) is 9.59 Å².